The number of aromatic nitrogens is 1. The number of amides is 1. The van der Waals surface area contributed by atoms with Crippen molar-refractivity contribution < 1.29 is 28.9 Å². The van der Waals surface area contributed by atoms with Crippen LogP contribution < -0.4 is 19.1 Å². The van der Waals surface area contributed by atoms with Gasteiger partial charge in [-0.2, -0.15) is 0 Å². The summed E-state index contributed by atoms with van der Waals surface area (Å²) in [6.07, 6.45) is 4.64. The fourth-order valence-electron chi connectivity index (χ4n) is 4.68. The van der Waals surface area contributed by atoms with Gasteiger partial charge in [0.05, 0.1) is 35.0 Å². The standard InChI is InChI=1S/C33H30N2O6S/c1-4-18-41-26-17-13-22(19-27(26)40-6-3)30-29(25(36)16-12-21-10-8-7-9-11-21)31(37)32(38)35(30)33-34-24-15-14-23(39-5-2)20-28(24)42-33/h4,7-17,19-20,30,37H,1,5-6,18H2,2-3H3/b16-12+. The number of ketones is 1. The minimum absolute atomic E-state index is 0.0522. The molecule has 9 heteroatoms. The molecule has 0 saturated carbocycles. The Morgan fingerprint density at radius 3 is 2.55 bits per heavy atom. The van der Waals surface area contributed by atoms with Crippen molar-refractivity contribution in [3.05, 3.63) is 108 Å². The number of rotatable bonds is 12. The van der Waals surface area contributed by atoms with Crippen molar-refractivity contribution in [2.75, 3.05) is 24.7 Å². The summed E-state index contributed by atoms with van der Waals surface area (Å²) in [6, 6.07) is 19.0. The van der Waals surface area contributed by atoms with Crippen molar-refractivity contribution in [2.45, 2.75) is 19.9 Å². The molecule has 1 aliphatic heterocycles. The third-order valence-corrected chi connectivity index (χ3v) is 7.52. The Bertz CT molecular complexity index is 1690. The molecule has 214 valence electrons. The summed E-state index contributed by atoms with van der Waals surface area (Å²) >= 11 is 1.27. The lowest BCUT2D eigenvalue weighted by molar-refractivity contribution is -0.117. The quantitative estimate of drug-likeness (QED) is 0.144. The number of carbonyl (C=O) groups excluding carboxylic acids is 2. The highest BCUT2D eigenvalue weighted by Crippen LogP contribution is 2.45. The van der Waals surface area contributed by atoms with E-state index in [1.54, 1.807) is 30.4 Å². The van der Waals surface area contributed by atoms with Gasteiger partial charge in [-0.25, -0.2) is 4.98 Å². The van der Waals surface area contributed by atoms with Crippen LogP contribution in [0, 0.1) is 0 Å². The Hall–Kier alpha value is -4.89. The smallest absolute Gasteiger partial charge is 0.296 e. The van der Waals surface area contributed by atoms with E-state index in [2.05, 4.69) is 6.58 Å². The van der Waals surface area contributed by atoms with Gasteiger partial charge in [0.25, 0.3) is 5.91 Å². The molecule has 4 aromatic rings. The monoisotopic (exact) mass is 582 g/mol. The molecular weight excluding hydrogens is 552 g/mol. The lowest BCUT2D eigenvalue weighted by atomic mass is 9.95. The number of hydrogen-bond donors (Lipinski definition) is 1. The van der Waals surface area contributed by atoms with Gasteiger partial charge in [0.1, 0.15) is 12.4 Å². The predicted molar refractivity (Wildman–Crippen MR) is 164 cm³/mol. The minimum atomic E-state index is -0.968. The lowest BCUT2D eigenvalue weighted by Crippen LogP contribution is -2.30. The van der Waals surface area contributed by atoms with Crippen molar-refractivity contribution in [2.24, 2.45) is 0 Å². The number of hydrogen-bond acceptors (Lipinski definition) is 8. The number of fused-ring (bicyclic) bond motifs is 1. The van der Waals surface area contributed by atoms with Crippen LogP contribution in [0.3, 0.4) is 0 Å². The van der Waals surface area contributed by atoms with Crippen LogP contribution in [0.2, 0.25) is 0 Å². The number of anilines is 1. The van der Waals surface area contributed by atoms with E-state index in [-0.39, 0.29) is 12.2 Å². The molecule has 1 atom stereocenters. The fourth-order valence-corrected chi connectivity index (χ4v) is 5.70. The molecule has 42 heavy (non-hydrogen) atoms. The fraction of sp³-hybridized carbons (Fsp3) is 0.182. The summed E-state index contributed by atoms with van der Waals surface area (Å²) in [5, 5.41) is 11.5. The third-order valence-electron chi connectivity index (χ3n) is 6.51. The van der Waals surface area contributed by atoms with Crippen LogP contribution >= 0.6 is 11.3 Å². The SMILES string of the molecule is C=CCOc1ccc(C2C(C(=O)/C=C/c3ccccc3)=C(O)C(=O)N2c2nc3ccc(OCC)cc3s2)cc1OCC. The Labute approximate surface area is 247 Å². The van der Waals surface area contributed by atoms with Gasteiger partial charge in [-0.15, -0.1) is 0 Å². The molecule has 5 rings (SSSR count). The molecule has 0 spiro atoms. The third kappa shape index (κ3) is 5.77. The summed E-state index contributed by atoms with van der Waals surface area (Å²) in [5.74, 6) is -0.226. The van der Waals surface area contributed by atoms with Gasteiger partial charge < -0.3 is 19.3 Å². The maximum Gasteiger partial charge on any atom is 0.296 e. The van der Waals surface area contributed by atoms with E-state index in [4.69, 9.17) is 19.2 Å². The first-order chi connectivity index (χ1) is 20.4. The van der Waals surface area contributed by atoms with Gasteiger partial charge in [0, 0.05) is 0 Å². The largest absolute Gasteiger partial charge is 0.503 e. The summed E-state index contributed by atoms with van der Waals surface area (Å²) in [4.78, 5) is 33.4. The number of benzene rings is 3. The van der Waals surface area contributed by atoms with Crippen molar-refractivity contribution in [1.29, 1.82) is 0 Å². The molecule has 0 saturated heterocycles. The average Bonchev–Trinajstić information content (AvgIpc) is 3.53. The first-order valence-corrected chi connectivity index (χ1v) is 14.3. The van der Waals surface area contributed by atoms with E-state index in [9.17, 15) is 14.7 Å². The minimum Gasteiger partial charge on any atom is -0.503 e. The molecule has 1 amide bonds. The number of thiazole rings is 1. The van der Waals surface area contributed by atoms with E-state index < -0.39 is 23.5 Å². The van der Waals surface area contributed by atoms with Crippen LogP contribution in [0.15, 0.2) is 96.8 Å². The van der Waals surface area contributed by atoms with Gasteiger partial charge in [-0.1, -0.05) is 66.5 Å². The van der Waals surface area contributed by atoms with Crippen LogP contribution in [-0.4, -0.2) is 41.6 Å². The molecule has 1 N–H and O–H groups in total. The van der Waals surface area contributed by atoms with E-state index in [0.717, 1.165) is 10.3 Å². The molecule has 0 fully saturated rings. The molecule has 3 aromatic carbocycles. The summed E-state index contributed by atoms with van der Waals surface area (Å²) in [7, 11) is 0. The van der Waals surface area contributed by atoms with Crippen LogP contribution in [0.1, 0.15) is 31.0 Å². The maximum absolute atomic E-state index is 13.7. The molecule has 1 aliphatic rings. The van der Waals surface area contributed by atoms with Gasteiger partial charge >= 0.3 is 0 Å². The van der Waals surface area contributed by atoms with Gasteiger partial charge in [0.15, 0.2) is 28.2 Å². The molecule has 0 aliphatic carbocycles. The van der Waals surface area contributed by atoms with E-state index in [1.807, 2.05) is 62.4 Å². The summed E-state index contributed by atoms with van der Waals surface area (Å²) in [6.45, 7) is 8.60. The average molecular weight is 583 g/mol. The van der Waals surface area contributed by atoms with E-state index in [0.29, 0.717) is 46.7 Å². The van der Waals surface area contributed by atoms with Gasteiger partial charge in [0.2, 0.25) is 0 Å². The number of allylic oxidation sites excluding steroid dienone is 1. The molecule has 1 aromatic heterocycles. The van der Waals surface area contributed by atoms with Crippen LogP contribution in [0.4, 0.5) is 5.13 Å². The van der Waals surface area contributed by atoms with Crippen LogP contribution in [0.25, 0.3) is 16.3 Å². The molecule has 0 radical (unpaired) electrons. The highest BCUT2D eigenvalue weighted by Gasteiger charge is 2.45. The van der Waals surface area contributed by atoms with Crippen molar-refractivity contribution in [1.82, 2.24) is 4.98 Å². The Morgan fingerprint density at radius 2 is 1.81 bits per heavy atom. The summed E-state index contributed by atoms with van der Waals surface area (Å²) in [5.41, 5.74) is 1.97. The highest BCUT2D eigenvalue weighted by atomic mass is 32.1. The highest BCUT2D eigenvalue weighted by molar-refractivity contribution is 7.22. The Morgan fingerprint density at radius 1 is 1.02 bits per heavy atom. The Kier molecular flexibility index (Phi) is 8.68. The normalized spacial score (nSPS) is 15.0. The number of carbonyl (C=O) groups is 2. The van der Waals surface area contributed by atoms with Gasteiger partial charge in [-0.3, -0.25) is 14.5 Å². The van der Waals surface area contributed by atoms with Crippen LogP contribution in [0.5, 0.6) is 17.2 Å². The first kappa shape index (κ1) is 28.6. The second kappa shape index (κ2) is 12.7. The molecule has 2 heterocycles. The maximum atomic E-state index is 13.7. The molecule has 1 unspecified atom stereocenters. The molecular formula is C33H30N2O6S. The van der Waals surface area contributed by atoms with Crippen molar-refractivity contribution in [3.8, 4) is 17.2 Å². The molecule has 0 bridgehead atoms. The Balaban J connectivity index is 1.62. The van der Waals surface area contributed by atoms with Crippen LogP contribution in [-0.2, 0) is 9.59 Å². The van der Waals surface area contributed by atoms with Crippen molar-refractivity contribution in [3.63, 3.8) is 0 Å². The zero-order valence-corrected chi connectivity index (χ0v) is 24.1. The topological polar surface area (TPSA) is 98.2 Å². The van der Waals surface area contributed by atoms with Crippen molar-refractivity contribution >= 4 is 44.5 Å². The van der Waals surface area contributed by atoms with E-state index in [1.165, 1.54) is 22.3 Å². The second-order valence-electron chi connectivity index (χ2n) is 9.25. The van der Waals surface area contributed by atoms with Gasteiger partial charge in [-0.05, 0) is 61.4 Å². The van der Waals surface area contributed by atoms with E-state index >= 15 is 0 Å². The summed E-state index contributed by atoms with van der Waals surface area (Å²) < 4.78 is 18.0. The first-order valence-electron chi connectivity index (χ1n) is 13.5. The number of aliphatic hydroxyl groups is 1. The predicted octanol–water partition coefficient (Wildman–Crippen LogP) is 6.84. The second-order valence-corrected chi connectivity index (χ2v) is 10.3. The lowest BCUT2D eigenvalue weighted by Gasteiger charge is -2.25. The number of ether oxygens (including phenoxy) is 3. The zero-order valence-electron chi connectivity index (χ0n) is 23.3. The zero-order chi connectivity index (χ0) is 29.6. The molecule has 8 nitrogen and oxygen atoms in total. The number of aliphatic hydroxyl groups excluding tert-OH is 1. The number of nitrogens with zero attached hydrogens (tertiary/aromatic N) is 2.